The van der Waals surface area contributed by atoms with Gasteiger partial charge in [-0.3, -0.25) is 14.9 Å². The molecule has 0 aliphatic rings. The Morgan fingerprint density at radius 2 is 1.92 bits per heavy atom. The summed E-state index contributed by atoms with van der Waals surface area (Å²) in [6.07, 6.45) is -4.55. The average molecular weight is 383 g/mol. The van der Waals surface area contributed by atoms with Gasteiger partial charge in [-0.05, 0) is 24.3 Å². The molecular formula is C17H10ClF3N2O3. The van der Waals surface area contributed by atoms with Gasteiger partial charge in [-0.1, -0.05) is 35.6 Å². The quantitative estimate of drug-likeness (QED) is 0.494. The van der Waals surface area contributed by atoms with Gasteiger partial charge >= 0.3 is 6.18 Å². The first-order valence-electron chi connectivity index (χ1n) is 7.07. The van der Waals surface area contributed by atoms with Gasteiger partial charge in [0.1, 0.15) is 5.56 Å². The standard InChI is InChI=1S/C17H10ClF3N2O3/c18-12-7-8-15(23(25)26)13(10-12)16(24)22-9-3-5-11-4-1-2-6-14(11)17(19,20)21/h1-2,4,6-8,10H,9H2,(H,22,24). The second kappa shape index (κ2) is 7.89. The largest absolute Gasteiger partial charge is 0.417 e. The van der Waals surface area contributed by atoms with Crippen molar-refractivity contribution in [3.05, 3.63) is 74.3 Å². The molecule has 2 aromatic carbocycles. The molecule has 26 heavy (non-hydrogen) atoms. The second-order valence-electron chi connectivity index (χ2n) is 4.95. The highest BCUT2D eigenvalue weighted by Gasteiger charge is 2.32. The zero-order valence-electron chi connectivity index (χ0n) is 12.9. The number of nitrogens with zero attached hydrogens (tertiary/aromatic N) is 1. The van der Waals surface area contributed by atoms with Gasteiger partial charge in [0.25, 0.3) is 11.6 Å². The Labute approximate surface area is 150 Å². The molecule has 0 atom stereocenters. The summed E-state index contributed by atoms with van der Waals surface area (Å²) in [5, 5.41) is 13.4. The first-order chi connectivity index (χ1) is 12.2. The topological polar surface area (TPSA) is 72.2 Å². The fourth-order valence-electron chi connectivity index (χ4n) is 2.05. The van der Waals surface area contributed by atoms with E-state index in [4.69, 9.17) is 11.6 Å². The summed E-state index contributed by atoms with van der Waals surface area (Å²) >= 11 is 5.73. The first kappa shape index (κ1) is 19.3. The first-order valence-corrected chi connectivity index (χ1v) is 7.45. The summed E-state index contributed by atoms with van der Waals surface area (Å²) in [7, 11) is 0. The van der Waals surface area contributed by atoms with E-state index in [2.05, 4.69) is 17.2 Å². The monoisotopic (exact) mass is 382 g/mol. The molecule has 0 fully saturated rings. The van der Waals surface area contributed by atoms with Crippen molar-refractivity contribution in [1.82, 2.24) is 5.32 Å². The number of halogens is 4. The molecule has 0 aromatic heterocycles. The lowest BCUT2D eigenvalue weighted by atomic mass is 10.1. The van der Waals surface area contributed by atoms with Gasteiger partial charge in [0.15, 0.2) is 0 Å². The molecule has 0 heterocycles. The van der Waals surface area contributed by atoms with Crippen LogP contribution >= 0.6 is 11.6 Å². The van der Waals surface area contributed by atoms with E-state index in [0.29, 0.717) is 0 Å². The van der Waals surface area contributed by atoms with Crippen LogP contribution in [-0.4, -0.2) is 17.4 Å². The summed E-state index contributed by atoms with van der Waals surface area (Å²) in [6.45, 7) is -0.297. The minimum atomic E-state index is -4.55. The minimum Gasteiger partial charge on any atom is -0.341 e. The molecule has 5 nitrogen and oxygen atoms in total. The maximum atomic E-state index is 12.9. The van der Waals surface area contributed by atoms with Crippen molar-refractivity contribution in [3.8, 4) is 11.8 Å². The molecule has 0 aliphatic heterocycles. The number of amides is 1. The Balaban J connectivity index is 2.14. The van der Waals surface area contributed by atoms with Gasteiger partial charge in [0.2, 0.25) is 0 Å². The Morgan fingerprint density at radius 1 is 1.23 bits per heavy atom. The zero-order valence-corrected chi connectivity index (χ0v) is 13.7. The van der Waals surface area contributed by atoms with Gasteiger partial charge in [0.05, 0.1) is 17.0 Å². The lowest BCUT2D eigenvalue weighted by Gasteiger charge is -2.08. The number of alkyl halides is 3. The van der Waals surface area contributed by atoms with Crippen molar-refractivity contribution in [2.75, 3.05) is 6.54 Å². The molecule has 0 bridgehead atoms. The molecule has 0 unspecified atom stereocenters. The molecule has 9 heteroatoms. The number of benzene rings is 2. The van der Waals surface area contributed by atoms with Gasteiger partial charge in [0, 0.05) is 16.7 Å². The molecule has 0 radical (unpaired) electrons. The van der Waals surface area contributed by atoms with Crippen molar-refractivity contribution >= 4 is 23.2 Å². The molecule has 1 N–H and O–H groups in total. The van der Waals surface area contributed by atoms with Gasteiger partial charge in [-0.25, -0.2) is 0 Å². The normalized spacial score (nSPS) is 10.6. The molecule has 2 aromatic rings. The van der Waals surface area contributed by atoms with Crippen LogP contribution in [0.1, 0.15) is 21.5 Å². The van der Waals surface area contributed by atoms with E-state index in [-0.39, 0.29) is 22.7 Å². The summed E-state index contributed by atoms with van der Waals surface area (Å²) in [6, 6.07) is 8.24. The third-order valence-electron chi connectivity index (χ3n) is 3.19. The number of nitro groups is 1. The van der Waals surface area contributed by atoms with Crippen LogP contribution in [0, 0.1) is 22.0 Å². The van der Waals surface area contributed by atoms with Crippen LogP contribution in [0.25, 0.3) is 0 Å². The summed E-state index contributed by atoms with van der Waals surface area (Å²) in [4.78, 5) is 22.2. The third kappa shape index (κ3) is 4.74. The number of rotatable bonds is 3. The summed E-state index contributed by atoms with van der Waals surface area (Å²) in [5.41, 5.74) is -1.82. The van der Waals surface area contributed by atoms with Crippen LogP contribution in [0.4, 0.5) is 18.9 Å². The number of nitrogens with one attached hydrogen (secondary N) is 1. The van der Waals surface area contributed by atoms with E-state index in [0.717, 1.165) is 18.2 Å². The highest BCUT2D eigenvalue weighted by Crippen LogP contribution is 2.31. The molecule has 0 aliphatic carbocycles. The Morgan fingerprint density at radius 3 is 2.58 bits per heavy atom. The van der Waals surface area contributed by atoms with E-state index in [1.807, 2.05) is 0 Å². The molecule has 0 spiro atoms. The predicted octanol–water partition coefficient (Wildman–Crippen LogP) is 4.05. The van der Waals surface area contributed by atoms with E-state index < -0.39 is 28.3 Å². The summed E-state index contributed by atoms with van der Waals surface area (Å²) < 4.78 is 38.6. The second-order valence-corrected chi connectivity index (χ2v) is 5.38. The van der Waals surface area contributed by atoms with E-state index in [1.54, 1.807) is 0 Å². The lowest BCUT2D eigenvalue weighted by Crippen LogP contribution is -2.24. The Bertz CT molecular complexity index is 917. The Hall–Kier alpha value is -3.05. The molecule has 0 saturated carbocycles. The number of hydrogen-bond donors (Lipinski definition) is 1. The molecule has 2 rings (SSSR count). The molecule has 0 saturated heterocycles. The average Bonchev–Trinajstić information content (AvgIpc) is 2.57. The maximum Gasteiger partial charge on any atom is 0.417 e. The zero-order chi connectivity index (χ0) is 19.3. The van der Waals surface area contributed by atoms with Crippen LogP contribution in [-0.2, 0) is 6.18 Å². The van der Waals surface area contributed by atoms with E-state index >= 15 is 0 Å². The van der Waals surface area contributed by atoms with Crippen LogP contribution in [0.5, 0.6) is 0 Å². The number of hydrogen-bond acceptors (Lipinski definition) is 3. The minimum absolute atomic E-state index is 0.130. The number of carbonyl (C=O) groups excluding carboxylic acids is 1. The van der Waals surface area contributed by atoms with Crippen molar-refractivity contribution in [2.45, 2.75) is 6.18 Å². The maximum absolute atomic E-state index is 12.9. The SMILES string of the molecule is O=C(NCC#Cc1ccccc1C(F)(F)F)c1cc(Cl)ccc1[N+](=O)[O-]. The molecule has 1 amide bonds. The lowest BCUT2D eigenvalue weighted by molar-refractivity contribution is -0.385. The van der Waals surface area contributed by atoms with Crippen molar-refractivity contribution in [2.24, 2.45) is 0 Å². The predicted molar refractivity (Wildman–Crippen MR) is 88.8 cm³/mol. The molecule has 134 valence electrons. The van der Waals surface area contributed by atoms with Crippen LogP contribution in [0.2, 0.25) is 5.02 Å². The van der Waals surface area contributed by atoms with Crippen molar-refractivity contribution < 1.29 is 22.9 Å². The van der Waals surface area contributed by atoms with Gasteiger partial charge in [-0.15, -0.1) is 0 Å². The smallest absolute Gasteiger partial charge is 0.341 e. The van der Waals surface area contributed by atoms with Crippen molar-refractivity contribution in [1.29, 1.82) is 0 Å². The van der Waals surface area contributed by atoms with Gasteiger partial charge < -0.3 is 5.32 Å². The Kier molecular flexibility index (Phi) is 5.85. The van der Waals surface area contributed by atoms with Gasteiger partial charge in [-0.2, -0.15) is 13.2 Å². The number of carbonyl (C=O) groups is 1. The fourth-order valence-corrected chi connectivity index (χ4v) is 2.22. The number of nitro benzene ring substituents is 1. The molecular weight excluding hydrogens is 373 g/mol. The van der Waals surface area contributed by atoms with Crippen LogP contribution < -0.4 is 5.32 Å². The van der Waals surface area contributed by atoms with Crippen molar-refractivity contribution in [3.63, 3.8) is 0 Å². The third-order valence-corrected chi connectivity index (χ3v) is 3.43. The highest BCUT2D eigenvalue weighted by molar-refractivity contribution is 6.31. The summed E-state index contributed by atoms with van der Waals surface area (Å²) in [5.74, 6) is 3.92. The van der Waals surface area contributed by atoms with E-state index in [1.165, 1.54) is 24.3 Å². The van der Waals surface area contributed by atoms with E-state index in [9.17, 15) is 28.1 Å². The van der Waals surface area contributed by atoms with Crippen LogP contribution in [0.15, 0.2) is 42.5 Å². The fraction of sp³-hybridized carbons (Fsp3) is 0.118. The van der Waals surface area contributed by atoms with Crippen LogP contribution in [0.3, 0.4) is 0 Å². The highest BCUT2D eigenvalue weighted by atomic mass is 35.5.